The van der Waals surface area contributed by atoms with Crippen LogP contribution in [0.3, 0.4) is 0 Å². The largest absolute Gasteiger partial charge is 0.250 e. The number of hydrogen-bond donors (Lipinski definition) is 0. The van der Waals surface area contributed by atoms with E-state index >= 15 is 0 Å². The van der Waals surface area contributed by atoms with Crippen LogP contribution in [0, 0.1) is 38.1 Å². The monoisotopic (exact) mass is 704 g/mol. The molecular weight excluding hydrogens is 669 g/mol. The molecule has 0 unspecified atom stereocenters. The SMILES string of the molecule is Cc1ccc2c(c1C)=c1c(c3c(c4c1-c1c(nc(-c5nnnc(-c6ccccc6-c6ccccc6)c5-c5ccccc5)c(C)c1C)C4)=Cc1ccccc1-3)C=2. The zero-order chi connectivity index (χ0) is 36.9. The first-order chi connectivity index (χ1) is 27.0. The van der Waals surface area contributed by atoms with Crippen molar-refractivity contribution in [3.05, 3.63) is 187 Å². The number of aromatic nitrogens is 4. The van der Waals surface area contributed by atoms with Crippen molar-refractivity contribution in [1.29, 1.82) is 0 Å². The van der Waals surface area contributed by atoms with Gasteiger partial charge >= 0.3 is 0 Å². The van der Waals surface area contributed by atoms with Crippen LogP contribution in [-0.2, 0) is 6.42 Å². The van der Waals surface area contributed by atoms with E-state index in [1.54, 1.807) is 0 Å². The number of hydrogen-bond acceptors (Lipinski definition) is 4. The lowest BCUT2D eigenvalue weighted by Gasteiger charge is -2.18. The molecule has 0 amide bonds. The quantitative estimate of drug-likeness (QED) is 0.183. The van der Waals surface area contributed by atoms with Gasteiger partial charge in [-0.2, -0.15) is 0 Å². The van der Waals surface area contributed by atoms with Crippen molar-refractivity contribution in [3.8, 4) is 67.2 Å². The average Bonchev–Trinajstić information content (AvgIpc) is 3.93. The third kappa shape index (κ3) is 4.52. The molecule has 0 aliphatic heterocycles. The maximum absolute atomic E-state index is 5.64. The van der Waals surface area contributed by atoms with E-state index in [1.807, 2.05) is 12.1 Å². The van der Waals surface area contributed by atoms with Crippen LogP contribution in [0.4, 0.5) is 0 Å². The van der Waals surface area contributed by atoms with Crippen LogP contribution >= 0.6 is 0 Å². The van der Waals surface area contributed by atoms with E-state index < -0.39 is 0 Å². The van der Waals surface area contributed by atoms with Crippen molar-refractivity contribution in [2.75, 3.05) is 0 Å². The van der Waals surface area contributed by atoms with Crippen molar-refractivity contribution in [1.82, 2.24) is 20.4 Å². The van der Waals surface area contributed by atoms with E-state index in [1.165, 1.54) is 76.5 Å². The van der Waals surface area contributed by atoms with Gasteiger partial charge in [-0.3, -0.25) is 0 Å². The zero-order valence-electron chi connectivity index (χ0n) is 31.2. The Bertz CT molecular complexity index is 3200. The Labute approximate surface area is 319 Å². The molecule has 0 saturated carbocycles. The molecule has 0 fully saturated rings. The maximum atomic E-state index is 5.64. The summed E-state index contributed by atoms with van der Waals surface area (Å²) in [5.74, 6) is 0. The molecule has 0 saturated heterocycles. The predicted octanol–water partition coefficient (Wildman–Crippen LogP) is 9.98. The Morgan fingerprint density at radius 1 is 0.473 bits per heavy atom. The summed E-state index contributed by atoms with van der Waals surface area (Å²) in [7, 11) is 0. The second kappa shape index (κ2) is 11.9. The van der Waals surface area contributed by atoms with Crippen molar-refractivity contribution >= 4 is 12.2 Å². The molecule has 0 atom stereocenters. The van der Waals surface area contributed by atoms with Crippen LogP contribution in [0.25, 0.3) is 79.3 Å². The Morgan fingerprint density at radius 2 is 1.15 bits per heavy atom. The number of benzene rings is 6. The first-order valence-corrected chi connectivity index (χ1v) is 19.0. The summed E-state index contributed by atoms with van der Waals surface area (Å²) in [6.45, 7) is 8.99. The summed E-state index contributed by atoms with van der Waals surface area (Å²) < 4.78 is 0. The molecule has 4 heteroatoms. The molecule has 0 spiro atoms. The van der Waals surface area contributed by atoms with Gasteiger partial charge in [-0.25, -0.2) is 4.98 Å². The van der Waals surface area contributed by atoms with E-state index in [4.69, 9.17) is 15.2 Å². The van der Waals surface area contributed by atoms with E-state index in [0.29, 0.717) is 0 Å². The number of nitrogens with zero attached hydrogens (tertiary/aromatic N) is 4. The summed E-state index contributed by atoms with van der Waals surface area (Å²) in [6.07, 6.45) is 5.59. The Kier molecular flexibility index (Phi) is 6.84. The van der Waals surface area contributed by atoms with Gasteiger partial charge in [-0.15, -0.1) is 10.2 Å². The number of fused-ring (bicyclic) bond motifs is 11. The van der Waals surface area contributed by atoms with Gasteiger partial charge in [-0.1, -0.05) is 121 Å². The van der Waals surface area contributed by atoms with E-state index in [2.05, 4.69) is 154 Å². The molecule has 8 aromatic rings. The molecule has 3 aliphatic rings. The second-order valence-electron chi connectivity index (χ2n) is 15.1. The average molecular weight is 705 g/mol. The Hall–Kier alpha value is -6.78. The Balaban J connectivity index is 1.20. The topological polar surface area (TPSA) is 51.6 Å². The maximum Gasteiger partial charge on any atom is 0.123 e. The second-order valence-corrected chi connectivity index (χ2v) is 15.1. The van der Waals surface area contributed by atoms with Gasteiger partial charge in [-0.05, 0) is 138 Å². The Morgan fingerprint density at radius 3 is 1.93 bits per heavy atom. The third-order valence-electron chi connectivity index (χ3n) is 12.3. The summed E-state index contributed by atoms with van der Waals surface area (Å²) >= 11 is 0. The van der Waals surface area contributed by atoms with Gasteiger partial charge < -0.3 is 0 Å². The highest BCUT2D eigenvalue weighted by Gasteiger charge is 2.33. The van der Waals surface area contributed by atoms with Gasteiger partial charge in [0.2, 0.25) is 0 Å². The highest BCUT2D eigenvalue weighted by molar-refractivity contribution is 5.98. The van der Waals surface area contributed by atoms with Gasteiger partial charge in [0.05, 0.1) is 11.4 Å². The third-order valence-corrected chi connectivity index (χ3v) is 12.3. The van der Waals surface area contributed by atoms with Crippen LogP contribution < -0.4 is 10.4 Å². The summed E-state index contributed by atoms with van der Waals surface area (Å²) in [6, 6.07) is 42.8. The molecule has 0 N–H and O–H groups in total. The fourth-order valence-electron chi connectivity index (χ4n) is 9.43. The van der Waals surface area contributed by atoms with Crippen molar-refractivity contribution in [2.24, 2.45) is 0 Å². The fraction of sp³-hybridized carbons (Fsp3) is 0.0980. The van der Waals surface area contributed by atoms with Crippen molar-refractivity contribution < 1.29 is 0 Å². The number of aryl methyl sites for hydroxylation is 1. The van der Waals surface area contributed by atoms with E-state index in [0.717, 1.165) is 62.6 Å². The summed E-state index contributed by atoms with van der Waals surface area (Å²) in [4.78, 5) is 5.64. The summed E-state index contributed by atoms with van der Waals surface area (Å²) in [5.41, 5.74) is 23.0. The molecule has 3 aliphatic carbocycles. The minimum atomic E-state index is 0.748. The molecule has 260 valence electrons. The predicted molar refractivity (Wildman–Crippen MR) is 222 cm³/mol. The van der Waals surface area contributed by atoms with Crippen molar-refractivity contribution in [3.63, 3.8) is 0 Å². The zero-order valence-corrected chi connectivity index (χ0v) is 31.2. The molecule has 0 bridgehead atoms. The summed E-state index contributed by atoms with van der Waals surface area (Å²) in [5, 5.41) is 19.5. The molecule has 11 rings (SSSR count). The van der Waals surface area contributed by atoms with E-state index in [9.17, 15) is 0 Å². The van der Waals surface area contributed by atoms with Crippen LogP contribution in [-0.4, -0.2) is 20.4 Å². The highest BCUT2D eigenvalue weighted by Crippen LogP contribution is 2.47. The number of rotatable bonds is 4. The molecule has 0 radical (unpaired) electrons. The highest BCUT2D eigenvalue weighted by atomic mass is 15.3. The van der Waals surface area contributed by atoms with Gasteiger partial charge in [0.1, 0.15) is 11.4 Å². The van der Waals surface area contributed by atoms with Gasteiger partial charge in [0.25, 0.3) is 0 Å². The van der Waals surface area contributed by atoms with Crippen LogP contribution in [0.15, 0.2) is 121 Å². The van der Waals surface area contributed by atoms with Crippen LogP contribution in [0.2, 0.25) is 0 Å². The lowest BCUT2D eigenvalue weighted by molar-refractivity contribution is 0.873. The first kappa shape index (κ1) is 31.7. The standard InChI is InChI=1S/C51H36N4/c1-28-23-24-35-26-41-46-37-21-12-11-19-34(37)25-39(46)40-27-42-44(47(40)48(41)43(35)29(28)2)30(3)31(4)49(52-42)51-45(33-17-9-6-10-18-33)50(53-55-54-51)38-22-14-13-20-36(38)32-15-7-5-8-16-32/h5-26H,27H2,1-4H3. The fourth-order valence-corrected chi connectivity index (χ4v) is 9.43. The molecule has 4 nitrogen and oxygen atoms in total. The molecule has 2 aromatic heterocycles. The lowest BCUT2D eigenvalue weighted by atomic mass is 9.88. The normalized spacial score (nSPS) is 12.6. The van der Waals surface area contributed by atoms with Gasteiger partial charge in [0, 0.05) is 23.1 Å². The minimum absolute atomic E-state index is 0.748. The first-order valence-electron chi connectivity index (χ1n) is 19.0. The molecule has 6 aromatic carbocycles. The van der Waals surface area contributed by atoms with E-state index in [-0.39, 0.29) is 0 Å². The molecule has 2 heterocycles. The molecule has 55 heavy (non-hydrogen) atoms. The number of pyridine rings is 1. The van der Waals surface area contributed by atoms with Crippen molar-refractivity contribution in [2.45, 2.75) is 34.1 Å². The van der Waals surface area contributed by atoms with Crippen LogP contribution in [0.1, 0.15) is 44.6 Å². The minimum Gasteiger partial charge on any atom is -0.250 e. The van der Waals surface area contributed by atoms with Crippen LogP contribution in [0.5, 0.6) is 0 Å². The lowest BCUT2D eigenvalue weighted by Crippen LogP contribution is -2.12. The molecular formula is C51H36N4. The smallest absolute Gasteiger partial charge is 0.123 e. The van der Waals surface area contributed by atoms with Gasteiger partial charge in [0.15, 0.2) is 0 Å².